The zero-order chi connectivity index (χ0) is 25.1. The molecule has 0 saturated heterocycles. The van der Waals surface area contributed by atoms with E-state index >= 15 is 0 Å². The number of rotatable bonds is 6. The van der Waals surface area contributed by atoms with Crippen molar-refractivity contribution in [1.29, 1.82) is 0 Å². The van der Waals surface area contributed by atoms with Gasteiger partial charge in [0.05, 0.1) is 36.2 Å². The number of carboxylic acid groups (broad SMARTS) is 3. The molecule has 0 aliphatic rings. The van der Waals surface area contributed by atoms with Crippen LogP contribution < -0.4 is 15.3 Å². The van der Waals surface area contributed by atoms with Crippen LogP contribution in [0.2, 0.25) is 0 Å². The topological polar surface area (TPSA) is 181 Å². The molecule has 3 atom stereocenters. The van der Waals surface area contributed by atoms with Crippen molar-refractivity contribution in [2.24, 2.45) is 16.2 Å². The van der Waals surface area contributed by atoms with Gasteiger partial charge in [0.15, 0.2) is 0 Å². The zero-order valence-electron chi connectivity index (χ0n) is 20.2. The number of carbonyl (C=O) groups is 3. The Hall–Kier alpha value is -1.65. The number of aliphatic hydroxyl groups excluding tert-OH is 3. The molecule has 0 aromatic carbocycles. The van der Waals surface area contributed by atoms with Gasteiger partial charge in [0.2, 0.25) is 0 Å². The van der Waals surface area contributed by atoms with E-state index in [2.05, 4.69) is 0 Å². The molecular weight excluding hydrogens is 407 g/mol. The van der Waals surface area contributed by atoms with Crippen LogP contribution in [0.5, 0.6) is 0 Å². The van der Waals surface area contributed by atoms with Crippen LogP contribution in [0.1, 0.15) is 81.6 Å². The molecular formula is C21H39BO9. The van der Waals surface area contributed by atoms with Crippen molar-refractivity contribution < 1.29 is 45.0 Å². The second kappa shape index (κ2) is 15.2. The minimum atomic E-state index is -1.39. The third-order valence-corrected chi connectivity index (χ3v) is 3.23. The molecule has 0 heterocycles. The molecule has 0 amide bonds. The minimum Gasteiger partial charge on any atom is -0.547 e. The molecule has 3 N–H and O–H groups in total. The number of hydrogen-bond acceptors (Lipinski definition) is 9. The Balaban J connectivity index is -0.000000174. The van der Waals surface area contributed by atoms with Crippen LogP contribution in [0.4, 0.5) is 0 Å². The molecule has 0 aliphatic heterocycles. The first-order chi connectivity index (χ1) is 13.0. The Morgan fingerprint density at radius 1 is 0.548 bits per heavy atom. The van der Waals surface area contributed by atoms with Crippen molar-refractivity contribution in [3.63, 3.8) is 0 Å². The minimum absolute atomic E-state index is 0. The maximum absolute atomic E-state index is 10.0. The summed E-state index contributed by atoms with van der Waals surface area (Å²) in [4.78, 5) is 30.0. The average Bonchev–Trinajstić information content (AvgIpc) is 2.42. The van der Waals surface area contributed by atoms with Gasteiger partial charge in [-0.05, 0) is 35.5 Å². The first kappa shape index (κ1) is 36.7. The van der Waals surface area contributed by atoms with E-state index in [-0.39, 0.29) is 43.9 Å². The van der Waals surface area contributed by atoms with Gasteiger partial charge in [0, 0.05) is 0 Å². The Kier molecular flexibility index (Phi) is 18.0. The van der Waals surface area contributed by atoms with Gasteiger partial charge in [-0.3, -0.25) is 0 Å². The van der Waals surface area contributed by atoms with Crippen molar-refractivity contribution in [3.05, 3.63) is 0 Å². The van der Waals surface area contributed by atoms with E-state index in [1.807, 2.05) is 62.3 Å². The second-order valence-corrected chi connectivity index (χ2v) is 10.8. The number of aliphatic hydroxyl groups is 3. The van der Waals surface area contributed by atoms with Gasteiger partial charge in [-0.1, -0.05) is 62.3 Å². The van der Waals surface area contributed by atoms with Crippen molar-refractivity contribution in [2.75, 3.05) is 0 Å². The summed E-state index contributed by atoms with van der Waals surface area (Å²) in [6.07, 6.45) is -3.31. The van der Waals surface area contributed by atoms with E-state index in [0.29, 0.717) is 0 Å². The van der Waals surface area contributed by atoms with Crippen LogP contribution in [0, 0.1) is 16.2 Å². The molecule has 0 bridgehead atoms. The summed E-state index contributed by atoms with van der Waals surface area (Å²) >= 11 is 0. The molecule has 0 saturated carbocycles. The third kappa shape index (κ3) is 30.6. The first-order valence-corrected chi connectivity index (χ1v) is 9.65. The number of hydrogen-bond donors (Lipinski definition) is 3. The molecule has 3 unspecified atom stereocenters. The van der Waals surface area contributed by atoms with Gasteiger partial charge in [0.1, 0.15) is 0 Å². The molecule has 0 fully saturated rings. The van der Waals surface area contributed by atoms with Crippen LogP contribution >= 0.6 is 0 Å². The molecule has 31 heavy (non-hydrogen) atoms. The summed E-state index contributed by atoms with van der Waals surface area (Å²) in [7, 11) is 0. The van der Waals surface area contributed by atoms with Gasteiger partial charge in [0.25, 0.3) is 0 Å². The molecule has 10 heteroatoms. The van der Waals surface area contributed by atoms with E-state index in [1.165, 1.54) is 0 Å². The Labute approximate surface area is 188 Å². The van der Waals surface area contributed by atoms with E-state index in [1.54, 1.807) is 0 Å². The summed E-state index contributed by atoms with van der Waals surface area (Å²) in [6.45, 7) is 16.7. The molecule has 0 aromatic heterocycles. The summed E-state index contributed by atoms with van der Waals surface area (Å²) in [6, 6.07) is 0. The van der Waals surface area contributed by atoms with E-state index in [0.717, 1.165) is 0 Å². The predicted molar refractivity (Wildman–Crippen MR) is 111 cm³/mol. The summed E-state index contributed by atoms with van der Waals surface area (Å²) in [5, 5.41) is 56.4. The van der Waals surface area contributed by atoms with Crippen molar-refractivity contribution in [2.45, 2.75) is 99.9 Å². The Bertz CT molecular complexity index is 452. The first-order valence-electron chi connectivity index (χ1n) is 9.65. The fraction of sp³-hybridized carbons (Fsp3) is 0.857. The SMILES string of the molecule is CC(C)(C)CC(O)C(=O)[O-].CC(C)(C)CC(O)C(=O)[O-].CC(C)(C)CC(O)C(=O)[O-].[B+3]. The molecule has 9 nitrogen and oxygen atoms in total. The molecule has 0 aromatic rings. The van der Waals surface area contributed by atoms with Crippen molar-refractivity contribution in [3.8, 4) is 0 Å². The van der Waals surface area contributed by atoms with Crippen LogP contribution in [0.15, 0.2) is 0 Å². The fourth-order valence-electron chi connectivity index (χ4n) is 1.99. The largest absolute Gasteiger partial charge is 3.00 e. The molecule has 0 rings (SSSR count). The maximum Gasteiger partial charge on any atom is 3.00 e. The second-order valence-electron chi connectivity index (χ2n) is 10.8. The van der Waals surface area contributed by atoms with Crippen LogP contribution in [0.25, 0.3) is 0 Å². The van der Waals surface area contributed by atoms with Gasteiger partial charge in [-0.25, -0.2) is 0 Å². The monoisotopic (exact) mass is 446 g/mol. The van der Waals surface area contributed by atoms with Gasteiger partial charge >= 0.3 is 8.41 Å². The van der Waals surface area contributed by atoms with Crippen molar-refractivity contribution in [1.82, 2.24) is 0 Å². The van der Waals surface area contributed by atoms with Crippen molar-refractivity contribution >= 4 is 26.3 Å². The quantitative estimate of drug-likeness (QED) is 0.397. The smallest absolute Gasteiger partial charge is 0.547 e. The zero-order valence-corrected chi connectivity index (χ0v) is 20.2. The van der Waals surface area contributed by atoms with Crippen LogP contribution in [-0.4, -0.2) is 60.0 Å². The standard InChI is InChI=1S/3C7H14O3.B/c3*1-7(2,3)4-5(8)6(9)10;/h3*5,8H,4H2,1-3H3,(H,9,10);/q;;;+3/p-3. The van der Waals surface area contributed by atoms with Crippen LogP contribution in [0.3, 0.4) is 0 Å². The summed E-state index contributed by atoms with van der Waals surface area (Å²) < 4.78 is 0. The number of carboxylic acids is 3. The molecule has 0 spiro atoms. The van der Waals surface area contributed by atoms with E-state index < -0.39 is 36.2 Å². The number of aliphatic carboxylic acids is 3. The normalized spacial score (nSPS) is 14.3. The molecule has 0 aliphatic carbocycles. The third-order valence-electron chi connectivity index (χ3n) is 3.23. The maximum atomic E-state index is 10.0. The summed E-state index contributed by atoms with van der Waals surface area (Å²) in [5.74, 6) is -4.18. The Morgan fingerprint density at radius 3 is 0.710 bits per heavy atom. The van der Waals surface area contributed by atoms with Gasteiger partial charge in [-0.15, -0.1) is 0 Å². The molecule has 180 valence electrons. The van der Waals surface area contributed by atoms with E-state index in [4.69, 9.17) is 15.3 Å². The van der Waals surface area contributed by atoms with Crippen LogP contribution in [-0.2, 0) is 14.4 Å². The predicted octanol–water partition coefficient (Wildman–Crippen LogP) is -1.78. The number of carbonyl (C=O) groups excluding carboxylic acids is 3. The Morgan fingerprint density at radius 2 is 0.677 bits per heavy atom. The van der Waals surface area contributed by atoms with Gasteiger partial charge < -0.3 is 45.0 Å². The van der Waals surface area contributed by atoms with Gasteiger partial charge in [-0.2, -0.15) is 0 Å². The summed E-state index contributed by atoms with van der Waals surface area (Å²) in [5.41, 5.74) is -0.502. The average molecular weight is 446 g/mol. The fourth-order valence-corrected chi connectivity index (χ4v) is 1.99. The molecule has 0 radical (unpaired) electrons. The van der Waals surface area contributed by atoms with E-state index in [9.17, 15) is 29.7 Å².